The van der Waals surface area contributed by atoms with Gasteiger partial charge in [0, 0.05) is 0 Å². The van der Waals surface area contributed by atoms with E-state index in [2.05, 4.69) is 59.0 Å². The summed E-state index contributed by atoms with van der Waals surface area (Å²) in [5, 5.41) is 1.33. The molecule has 0 heterocycles. The van der Waals surface area contributed by atoms with Gasteiger partial charge in [-0.2, -0.15) is 11.1 Å². The summed E-state index contributed by atoms with van der Waals surface area (Å²) in [7, 11) is -1.69. The lowest BCUT2D eigenvalue weighted by Crippen LogP contribution is -2.36. The van der Waals surface area contributed by atoms with Crippen molar-refractivity contribution in [3.05, 3.63) is 29.3 Å². The summed E-state index contributed by atoms with van der Waals surface area (Å²) in [6.45, 7) is 13.3. The van der Waals surface area contributed by atoms with Crippen LogP contribution in [-0.2, 0) is 5.41 Å². The molecule has 0 fully saturated rings. The van der Waals surface area contributed by atoms with Crippen molar-refractivity contribution in [2.24, 2.45) is 0 Å². The highest BCUT2D eigenvalue weighted by atomic mass is 35.6. The van der Waals surface area contributed by atoms with Gasteiger partial charge < -0.3 is 0 Å². The summed E-state index contributed by atoms with van der Waals surface area (Å²) in [5.41, 5.74) is 2.98. The summed E-state index contributed by atoms with van der Waals surface area (Å²) >= 11 is 6.47. The molecule has 0 aliphatic rings. The lowest BCUT2D eigenvalue weighted by atomic mass is 9.84. The molecule has 15 heavy (non-hydrogen) atoms. The molecule has 0 radical (unpaired) electrons. The lowest BCUT2D eigenvalue weighted by molar-refractivity contribution is 0.586. The minimum absolute atomic E-state index is 0.205. The van der Waals surface area contributed by atoms with Gasteiger partial charge in [0.1, 0.15) is 0 Å². The average Bonchev–Trinajstić information content (AvgIpc) is 2.00. The molecular weight excluding hydrogens is 220 g/mol. The van der Waals surface area contributed by atoms with Crippen molar-refractivity contribution >= 4 is 23.6 Å². The second-order valence-electron chi connectivity index (χ2n) is 5.75. The lowest BCUT2D eigenvalue weighted by Gasteiger charge is -2.24. The first-order valence-corrected chi connectivity index (χ1v) is 9.44. The molecule has 0 aliphatic heterocycles. The van der Waals surface area contributed by atoms with E-state index in [1.54, 1.807) is 0 Å². The van der Waals surface area contributed by atoms with Crippen LogP contribution in [0.2, 0.25) is 13.1 Å². The van der Waals surface area contributed by atoms with Crippen LogP contribution in [0.15, 0.2) is 18.2 Å². The van der Waals surface area contributed by atoms with E-state index in [4.69, 9.17) is 11.1 Å². The minimum Gasteiger partial charge on any atom is -0.162 e. The summed E-state index contributed by atoms with van der Waals surface area (Å²) in [5.74, 6) is 0. The minimum atomic E-state index is -1.69. The Bertz CT molecular complexity index is 356. The summed E-state index contributed by atoms with van der Waals surface area (Å²) in [6.07, 6.45) is 0. The molecule has 0 aromatic heterocycles. The van der Waals surface area contributed by atoms with E-state index in [1.165, 1.54) is 16.3 Å². The highest BCUT2D eigenvalue weighted by Crippen LogP contribution is 2.25. The van der Waals surface area contributed by atoms with Crippen molar-refractivity contribution in [2.75, 3.05) is 0 Å². The first kappa shape index (κ1) is 12.8. The Kier molecular flexibility index (Phi) is 3.37. The number of hydrogen-bond donors (Lipinski definition) is 0. The standard InChI is InChI=1S/C13H21ClSi/c1-10-7-8-11(15(5,6)14)9-12(10)13(2,3)4/h7-9H,1-6H3. The smallest absolute Gasteiger partial charge is 0.162 e. The summed E-state index contributed by atoms with van der Waals surface area (Å²) < 4.78 is 0. The molecule has 0 amide bonds. The zero-order valence-electron chi connectivity index (χ0n) is 10.6. The summed E-state index contributed by atoms with van der Waals surface area (Å²) in [6, 6.07) is 6.69. The SMILES string of the molecule is Cc1ccc([Si](C)(C)Cl)cc1C(C)(C)C. The van der Waals surface area contributed by atoms with Gasteiger partial charge in [0.05, 0.1) is 0 Å². The van der Waals surface area contributed by atoms with Crippen LogP contribution < -0.4 is 5.19 Å². The van der Waals surface area contributed by atoms with Gasteiger partial charge in [0.25, 0.3) is 0 Å². The summed E-state index contributed by atoms with van der Waals surface area (Å²) in [4.78, 5) is 0. The first-order chi connectivity index (χ1) is 6.62. The van der Waals surface area contributed by atoms with E-state index in [-0.39, 0.29) is 5.41 Å². The highest BCUT2D eigenvalue weighted by molar-refractivity contribution is 7.26. The van der Waals surface area contributed by atoms with Crippen LogP contribution in [0.4, 0.5) is 0 Å². The Balaban J connectivity index is 3.30. The van der Waals surface area contributed by atoms with Crippen LogP contribution in [0.5, 0.6) is 0 Å². The van der Waals surface area contributed by atoms with E-state index in [0.717, 1.165) is 0 Å². The molecule has 0 saturated heterocycles. The van der Waals surface area contributed by atoms with E-state index in [1.807, 2.05) is 0 Å². The van der Waals surface area contributed by atoms with Crippen molar-refractivity contribution in [1.29, 1.82) is 0 Å². The molecule has 1 aromatic rings. The Morgan fingerprint density at radius 2 is 1.67 bits per heavy atom. The molecule has 0 atom stereocenters. The number of halogens is 1. The molecule has 1 rings (SSSR count). The first-order valence-electron chi connectivity index (χ1n) is 5.43. The average molecular weight is 241 g/mol. The maximum absolute atomic E-state index is 6.47. The quantitative estimate of drug-likeness (QED) is 0.515. The van der Waals surface area contributed by atoms with Gasteiger partial charge in [-0.1, -0.05) is 52.1 Å². The van der Waals surface area contributed by atoms with Crippen molar-refractivity contribution in [2.45, 2.75) is 46.2 Å². The fourth-order valence-electron chi connectivity index (χ4n) is 1.80. The van der Waals surface area contributed by atoms with Crippen molar-refractivity contribution < 1.29 is 0 Å². The normalized spacial score (nSPS) is 13.0. The molecule has 0 aliphatic carbocycles. The molecule has 0 unspecified atom stereocenters. The molecule has 1 aromatic carbocycles. The van der Waals surface area contributed by atoms with E-state index < -0.39 is 7.38 Å². The number of benzene rings is 1. The zero-order valence-corrected chi connectivity index (χ0v) is 12.4. The fraction of sp³-hybridized carbons (Fsp3) is 0.538. The number of hydrogen-bond acceptors (Lipinski definition) is 0. The third-order valence-corrected chi connectivity index (χ3v) is 5.07. The monoisotopic (exact) mass is 240 g/mol. The maximum atomic E-state index is 6.47. The Labute approximate surface area is 99.4 Å². The van der Waals surface area contributed by atoms with Gasteiger partial charge in [-0.15, -0.1) is 0 Å². The second-order valence-corrected chi connectivity index (χ2v) is 12.1. The fourth-order valence-corrected chi connectivity index (χ4v) is 3.12. The molecule has 0 bridgehead atoms. The molecule has 0 nitrogen and oxygen atoms in total. The van der Waals surface area contributed by atoms with Crippen molar-refractivity contribution in [3.63, 3.8) is 0 Å². The van der Waals surface area contributed by atoms with E-state index >= 15 is 0 Å². The molecule has 2 heteroatoms. The van der Waals surface area contributed by atoms with Gasteiger partial charge >= 0.3 is 0 Å². The van der Waals surface area contributed by atoms with Gasteiger partial charge in [-0.05, 0) is 28.7 Å². The van der Waals surface area contributed by atoms with Gasteiger partial charge in [0.2, 0.25) is 0 Å². The molecule has 0 spiro atoms. The highest BCUT2D eigenvalue weighted by Gasteiger charge is 2.23. The topological polar surface area (TPSA) is 0 Å². The van der Waals surface area contributed by atoms with Gasteiger partial charge in [-0.25, -0.2) is 0 Å². The third kappa shape index (κ3) is 3.09. The predicted octanol–water partition coefficient (Wildman–Crippen LogP) is 3.94. The molecular formula is C13H21ClSi. The van der Waals surface area contributed by atoms with E-state index in [9.17, 15) is 0 Å². The van der Waals surface area contributed by atoms with Crippen LogP contribution in [-0.4, -0.2) is 7.38 Å². The molecule has 0 saturated carbocycles. The van der Waals surface area contributed by atoms with E-state index in [0.29, 0.717) is 0 Å². The van der Waals surface area contributed by atoms with Gasteiger partial charge in [0.15, 0.2) is 7.38 Å². The second kappa shape index (κ2) is 3.95. The van der Waals surface area contributed by atoms with Crippen LogP contribution in [0.25, 0.3) is 0 Å². The van der Waals surface area contributed by atoms with Crippen LogP contribution in [0.3, 0.4) is 0 Å². The third-order valence-electron chi connectivity index (χ3n) is 2.73. The number of aryl methyl sites for hydroxylation is 1. The zero-order chi connectivity index (χ0) is 11.9. The van der Waals surface area contributed by atoms with Crippen LogP contribution >= 0.6 is 11.1 Å². The van der Waals surface area contributed by atoms with Crippen molar-refractivity contribution in [3.8, 4) is 0 Å². The predicted molar refractivity (Wildman–Crippen MR) is 72.8 cm³/mol. The van der Waals surface area contributed by atoms with Crippen molar-refractivity contribution in [1.82, 2.24) is 0 Å². The maximum Gasteiger partial charge on any atom is 0.180 e. The Morgan fingerprint density at radius 1 is 1.13 bits per heavy atom. The molecule has 84 valence electrons. The number of rotatable bonds is 1. The van der Waals surface area contributed by atoms with Crippen LogP contribution in [0, 0.1) is 6.92 Å². The van der Waals surface area contributed by atoms with Gasteiger partial charge in [-0.3, -0.25) is 0 Å². The largest absolute Gasteiger partial charge is 0.180 e. The van der Waals surface area contributed by atoms with Crippen LogP contribution in [0.1, 0.15) is 31.9 Å². The molecule has 0 N–H and O–H groups in total. The Hall–Kier alpha value is -0.273. The Morgan fingerprint density at radius 3 is 2.07 bits per heavy atom.